The molecular formula is C15H6ClF5N2S2. The predicted octanol–water partition coefficient (Wildman–Crippen LogP) is 6.50. The Morgan fingerprint density at radius 1 is 1.12 bits per heavy atom. The number of thioether (sulfide) groups is 1. The molecule has 0 radical (unpaired) electrons. The van der Waals surface area contributed by atoms with Crippen LogP contribution in [0.5, 0.6) is 0 Å². The van der Waals surface area contributed by atoms with Crippen LogP contribution in [0.3, 0.4) is 0 Å². The van der Waals surface area contributed by atoms with E-state index in [4.69, 9.17) is 11.6 Å². The van der Waals surface area contributed by atoms with Gasteiger partial charge in [-0.15, -0.1) is 0 Å². The van der Waals surface area contributed by atoms with Crippen LogP contribution in [0, 0.1) is 11.6 Å². The summed E-state index contributed by atoms with van der Waals surface area (Å²) in [6.07, 6.45) is 0. The second kappa shape index (κ2) is 6.89. The lowest BCUT2D eigenvalue weighted by Gasteiger charge is -2.04. The van der Waals surface area contributed by atoms with E-state index in [0.717, 1.165) is 23.5 Å². The van der Waals surface area contributed by atoms with Crippen molar-refractivity contribution in [1.82, 2.24) is 4.98 Å². The van der Waals surface area contributed by atoms with Crippen LogP contribution in [0.25, 0.3) is 10.2 Å². The second-order valence-electron chi connectivity index (χ2n) is 4.67. The first-order chi connectivity index (χ1) is 11.7. The molecule has 0 saturated heterocycles. The molecule has 0 aliphatic heterocycles. The molecule has 0 saturated carbocycles. The first-order valence-corrected chi connectivity index (χ1v) is 8.59. The lowest BCUT2D eigenvalue weighted by Crippen LogP contribution is -1.99. The number of halogens is 6. The van der Waals surface area contributed by atoms with Crippen molar-refractivity contribution in [3.8, 4) is 0 Å². The SMILES string of the molecule is Fc1cccc(F)c1C(Cl)=Nc1nc2ccc(SC(F)(F)F)cc2s1. The first-order valence-electron chi connectivity index (χ1n) is 6.58. The molecule has 0 fully saturated rings. The van der Waals surface area contributed by atoms with Crippen LogP contribution >= 0.6 is 34.7 Å². The van der Waals surface area contributed by atoms with E-state index in [2.05, 4.69) is 9.98 Å². The molecule has 1 heterocycles. The zero-order valence-corrected chi connectivity index (χ0v) is 14.3. The number of rotatable bonds is 3. The van der Waals surface area contributed by atoms with Crippen molar-refractivity contribution in [2.75, 3.05) is 0 Å². The van der Waals surface area contributed by atoms with Crippen molar-refractivity contribution in [2.24, 2.45) is 4.99 Å². The molecule has 0 N–H and O–H groups in total. The van der Waals surface area contributed by atoms with E-state index in [1.165, 1.54) is 24.3 Å². The zero-order valence-electron chi connectivity index (χ0n) is 11.9. The van der Waals surface area contributed by atoms with Gasteiger partial charge in [-0.25, -0.2) is 18.8 Å². The van der Waals surface area contributed by atoms with E-state index in [1.54, 1.807) is 0 Å². The van der Waals surface area contributed by atoms with Crippen molar-refractivity contribution >= 4 is 55.2 Å². The van der Waals surface area contributed by atoms with Crippen LogP contribution < -0.4 is 0 Å². The monoisotopic (exact) mass is 408 g/mol. The Morgan fingerprint density at radius 2 is 1.80 bits per heavy atom. The summed E-state index contributed by atoms with van der Waals surface area (Å²) in [5.74, 6) is -1.75. The molecule has 1 aromatic heterocycles. The average Bonchev–Trinajstić information content (AvgIpc) is 2.86. The van der Waals surface area contributed by atoms with Gasteiger partial charge >= 0.3 is 5.51 Å². The fraction of sp³-hybridized carbons (Fsp3) is 0.0667. The summed E-state index contributed by atoms with van der Waals surface area (Å²) in [6, 6.07) is 7.28. The normalized spacial score (nSPS) is 12.8. The molecule has 3 aromatic rings. The highest BCUT2D eigenvalue weighted by Gasteiger charge is 2.29. The van der Waals surface area contributed by atoms with E-state index < -0.39 is 27.9 Å². The maximum absolute atomic E-state index is 13.7. The summed E-state index contributed by atoms with van der Waals surface area (Å²) in [5.41, 5.74) is -4.48. The Kier molecular flexibility index (Phi) is 4.99. The van der Waals surface area contributed by atoms with Crippen molar-refractivity contribution < 1.29 is 22.0 Å². The summed E-state index contributed by atoms with van der Waals surface area (Å²) >= 11 is 6.60. The van der Waals surface area contributed by atoms with Gasteiger partial charge in [-0.2, -0.15) is 13.2 Å². The number of hydrogen-bond donors (Lipinski definition) is 0. The number of thiazole rings is 1. The van der Waals surface area contributed by atoms with Gasteiger partial charge in [0.2, 0.25) is 5.13 Å². The molecule has 2 aromatic carbocycles. The van der Waals surface area contributed by atoms with Crippen molar-refractivity contribution in [3.05, 3.63) is 53.6 Å². The van der Waals surface area contributed by atoms with Gasteiger partial charge in [-0.05, 0) is 42.1 Å². The molecule has 0 bridgehead atoms. The summed E-state index contributed by atoms with van der Waals surface area (Å²) in [6.45, 7) is 0. The highest BCUT2D eigenvalue weighted by Crippen LogP contribution is 2.39. The van der Waals surface area contributed by atoms with Gasteiger partial charge < -0.3 is 0 Å². The van der Waals surface area contributed by atoms with Crippen LogP contribution in [0.15, 0.2) is 46.3 Å². The van der Waals surface area contributed by atoms with Crippen LogP contribution in [-0.2, 0) is 0 Å². The quantitative estimate of drug-likeness (QED) is 0.280. The lowest BCUT2D eigenvalue weighted by atomic mass is 10.2. The van der Waals surface area contributed by atoms with Crippen molar-refractivity contribution in [3.63, 3.8) is 0 Å². The molecule has 25 heavy (non-hydrogen) atoms. The largest absolute Gasteiger partial charge is 0.446 e. The standard InChI is InChI=1S/C15H6ClF5N2S2/c16-13(12-8(17)2-1-3-9(12)18)23-14-22-10-5-4-7(6-11(10)24-14)25-15(19,20)21/h1-6H. The molecule has 0 unspecified atom stereocenters. The van der Waals surface area contributed by atoms with E-state index in [1.807, 2.05) is 0 Å². The van der Waals surface area contributed by atoms with Crippen LogP contribution in [0.4, 0.5) is 27.1 Å². The number of nitrogens with zero attached hydrogens (tertiary/aromatic N) is 2. The van der Waals surface area contributed by atoms with Gasteiger partial charge in [0.05, 0.1) is 15.8 Å². The molecule has 0 aliphatic carbocycles. The maximum atomic E-state index is 13.7. The van der Waals surface area contributed by atoms with Gasteiger partial charge in [-0.3, -0.25) is 0 Å². The molecule has 0 spiro atoms. The Balaban J connectivity index is 1.96. The van der Waals surface area contributed by atoms with E-state index in [0.29, 0.717) is 10.2 Å². The third kappa shape index (κ3) is 4.28. The van der Waals surface area contributed by atoms with Crippen LogP contribution in [0.2, 0.25) is 0 Å². The van der Waals surface area contributed by atoms with E-state index in [9.17, 15) is 22.0 Å². The zero-order chi connectivity index (χ0) is 18.2. The third-order valence-corrected chi connectivity index (χ3v) is 4.85. The van der Waals surface area contributed by atoms with Gasteiger partial charge in [0.25, 0.3) is 0 Å². The number of aliphatic imine (C=N–C) groups is 1. The summed E-state index contributed by atoms with van der Waals surface area (Å²) < 4.78 is 65.1. The average molecular weight is 409 g/mol. The molecule has 0 atom stereocenters. The highest BCUT2D eigenvalue weighted by molar-refractivity contribution is 8.00. The summed E-state index contributed by atoms with van der Waals surface area (Å²) in [4.78, 5) is 7.96. The number of aromatic nitrogens is 1. The maximum Gasteiger partial charge on any atom is 0.446 e. The number of fused-ring (bicyclic) bond motifs is 1. The molecule has 0 amide bonds. The molecule has 130 valence electrons. The Labute approximate surface area is 151 Å². The molecular weight excluding hydrogens is 403 g/mol. The predicted molar refractivity (Wildman–Crippen MR) is 89.9 cm³/mol. The minimum absolute atomic E-state index is 0.00502. The smallest absolute Gasteiger partial charge is 0.218 e. The van der Waals surface area contributed by atoms with Gasteiger partial charge in [0.15, 0.2) is 0 Å². The van der Waals surface area contributed by atoms with Crippen LogP contribution in [0.1, 0.15) is 5.56 Å². The molecule has 10 heteroatoms. The first kappa shape index (κ1) is 18.1. The molecule has 0 aliphatic rings. The number of hydrogen-bond acceptors (Lipinski definition) is 4. The van der Waals surface area contributed by atoms with Gasteiger partial charge in [0, 0.05) is 4.90 Å². The summed E-state index contributed by atoms with van der Waals surface area (Å²) in [5, 5.41) is -0.351. The lowest BCUT2D eigenvalue weighted by molar-refractivity contribution is -0.0328. The third-order valence-electron chi connectivity index (χ3n) is 2.95. The topological polar surface area (TPSA) is 25.2 Å². The Bertz CT molecular complexity index is 948. The fourth-order valence-electron chi connectivity index (χ4n) is 1.97. The van der Waals surface area contributed by atoms with E-state index in [-0.39, 0.29) is 21.8 Å². The molecule has 3 rings (SSSR count). The van der Waals surface area contributed by atoms with E-state index >= 15 is 0 Å². The minimum atomic E-state index is -4.40. The number of alkyl halides is 3. The van der Waals surface area contributed by atoms with Gasteiger partial charge in [-0.1, -0.05) is 29.0 Å². The number of benzene rings is 2. The Morgan fingerprint density at radius 3 is 2.44 bits per heavy atom. The fourth-order valence-corrected chi connectivity index (χ4v) is 3.82. The highest BCUT2D eigenvalue weighted by atomic mass is 35.5. The summed E-state index contributed by atoms with van der Waals surface area (Å²) in [7, 11) is 0. The second-order valence-corrected chi connectivity index (χ2v) is 7.18. The van der Waals surface area contributed by atoms with Crippen LogP contribution in [-0.4, -0.2) is 15.7 Å². The van der Waals surface area contributed by atoms with Gasteiger partial charge in [0.1, 0.15) is 16.8 Å². The Hall–Kier alpha value is -1.71. The molecule has 2 nitrogen and oxygen atoms in total. The minimum Gasteiger partial charge on any atom is -0.218 e. The van der Waals surface area contributed by atoms with Crippen molar-refractivity contribution in [1.29, 1.82) is 0 Å². The van der Waals surface area contributed by atoms with Crippen molar-refractivity contribution in [2.45, 2.75) is 10.4 Å².